The number of nitrogens with zero attached hydrogens (tertiary/aromatic N) is 3. The van der Waals surface area contributed by atoms with Crippen LogP contribution in [-0.4, -0.2) is 33.8 Å². The molecule has 104 valence electrons. The minimum absolute atomic E-state index is 0.160. The number of nitrogens with two attached hydrogens (primary N) is 1. The molecule has 1 rings (SSSR count). The normalized spacial score (nSPS) is 15.3. The molecule has 2 atom stereocenters. The lowest BCUT2D eigenvalue weighted by atomic mass is 9.98. The van der Waals surface area contributed by atoms with E-state index in [9.17, 15) is 0 Å². The topological polar surface area (TPSA) is 47.1 Å². The first-order valence-electron chi connectivity index (χ1n) is 6.97. The molecule has 0 spiro atoms. The van der Waals surface area contributed by atoms with E-state index in [-0.39, 0.29) is 12.1 Å². The SMILES string of the molecule is CCC(N)C(c1cnn(C)c1)N(CC)CC(C)C. The van der Waals surface area contributed by atoms with Gasteiger partial charge in [-0.25, -0.2) is 0 Å². The summed E-state index contributed by atoms with van der Waals surface area (Å²) in [4.78, 5) is 2.47. The lowest BCUT2D eigenvalue weighted by molar-refractivity contribution is 0.159. The van der Waals surface area contributed by atoms with E-state index in [1.54, 1.807) is 0 Å². The van der Waals surface area contributed by atoms with Gasteiger partial charge in [-0.05, 0) is 18.9 Å². The van der Waals surface area contributed by atoms with E-state index in [1.807, 2.05) is 17.9 Å². The van der Waals surface area contributed by atoms with Crippen molar-refractivity contribution in [1.82, 2.24) is 14.7 Å². The highest BCUT2D eigenvalue weighted by Gasteiger charge is 2.26. The van der Waals surface area contributed by atoms with Crippen molar-refractivity contribution in [2.24, 2.45) is 18.7 Å². The second-order valence-corrected chi connectivity index (χ2v) is 5.45. The van der Waals surface area contributed by atoms with E-state index in [2.05, 4.69) is 43.9 Å². The summed E-state index contributed by atoms with van der Waals surface area (Å²) in [5.41, 5.74) is 7.56. The van der Waals surface area contributed by atoms with Gasteiger partial charge in [-0.1, -0.05) is 27.7 Å². The van der Waals surface area contributed by atoms with Gasteiger partial charge in [0.2, 0.25) is 0 Å². The van der Waals surface area contributed by atoms with Crippen LogP contribution in [-0.2, 0) is 7.05 Å². The van der Waals surface area contributed by atoms with Crippen LogP contribution in [0.4, 0.5) is 0 Å². The highest BCUT2D eigenvalue weighted by Crippen LogP contribution is 2.25. The molecular weight excluding hydrogens is 224 g/mol. The molecule has 0 aliphatic heterocycles. The summed E-state index contributed by atoms with van der Waals surface area (Å²) < 4.78 is 1.86. The molecule has 0 saturated heterocycles. The predicted molar refractivity (Wildman–Crippen MR) is 76.3 cm³/mol. The molecule has 0 fully saturated rings. The third kappa shape index (κ3) is 3.82. The summed E-state index contributed by atoms with van der Waals surface area (Å²) in [6.45, 7) is 10.9. The number of hydrogen-bond donors (Lipinski definition) is 1. The van der Waals surface area contributed by atoms with Crippen LogP contribution in [0, 0.1) is 5.92 Å². The minimum Gasteiger partial charge on any atom is -0.326 e. The van der Waals surface area contributed by atoms with Crippen LogP contribution in [0.3, 0.4) is 0 Å². The van der Waals surface area contributed by atoms with Crippen molar-refractivity contribution in [1.29, 1.82) is 0 Å². The van der Waals surface area contributed by atoms with Gasteiger partial charge in [-0.15, -0.1) is 0 Å². The van der Waals surface area contributed by atoms with Crippen molar-refractivity contribution in [2.75, 3.05) is 13.1 Å². The Morgan fingerprint density at radius 3 is 2.44 bits per heavy atom. The van der Waals surface area contributed by atoms with Crippen LogP contribution in [0.25, 0.3) is 0 Å². The molecule has 2 unspecified atom stereocenters. The van der Waals surface area contributed by atoms with Gasteiger partial charge in [0.15, 0.2) is 0 Å². The smallest absolute Gasteiger partial charge is 0.0538 e. The molecule has 0 radical (unpaired) electrons. The molecule has 0 amide bonds. The van der Waals surface area contributed by atoms with E-state index < -0.39 is 0 Å². The molecule has 2 N–H and O–H groups in total. The molecule has 1 heterocycles. The Morgan fingerprint density at radius 2 is 2.06 bits per heavy atom. The van der Waals surface area contributed by atoms with Gasteiger partial charge in [-0.2, -0.15) is 5.10 Å². The average molecular weight is 252 g/mol. The van der Waals surface area contributed by atoms with Crippen molar-refractivity contribution in [2.45, 2.75) is 46.2 Å². The second-order valence-electron chi connectivity index (χ2n) is 5.45. The van der Waals surface area contributed by atoms with Gasteiger partial charge >= 0.3 is 0 Å². The Kier molecular flexibility index (Phi) is 5.82. The largest absolute Gasteiger partial charge is 0.326 e. The Labute approximate surface area is 111 Å². The maximum atomic E-state index is 6.33. The van der Waals surface area contributed by atoms with Crippen LogP contribution >= 0.6 is 0 Å². The van der Waals surface area contributed by atoms with E-state index in [0.717, 1.165) is 19.5 Å². The molecule has 4 heteroatoms. The molecule has 1 aromatic heterocycles. The number of aryl methyl sites for hydroxylation is 1. The first-order valence-corrected chi connectivity index (χ1v) is 6.97. The number of aromatic nitrogens is 2. The van der Waals surface area contributed by atoms with Crippen molar-refractivity contribution in [3.05, 3.63) is 18.0 Å². The summed E-state index contributed by atoms with van der Waals surface area (Å²) in [5.74, 6) is 0.646. The Bertz CT molecular complexity index is 345. The zero-order valence-electron chi connectivity index (χ0n) is 12.4. The first-order chi connectivity index (χ1) is 8.49. The monoisotopic (exact) mass is 252 g/mol. The van der Waals surface area contributed by atoms with Crippen LogP contribution in [0.15, 0.2) is 12.4 Å². The maximum Gasteiger partial charge on any atom is 0.0538 e. The van der Waals surface area contributed by atoms with Gasteiger partial charge in [0, 0.05) is 31.4 Å². The highest BCUT2D eigenvalue weighted by molar-refractivity contribution is 5.13. The molecule has 0 saturated carbocycles. The van der Waals surface area contributed by atoms with Crippen molar-refractivity contribution in [3.63, 3.8) is 0 Å². The summed E-state index contributed by atoms with van der Waals surface area (Å²) in [6.07, 6.45) is 5.01. The van der Waals surface area contributed by atoms with E-state index in [1.165, 1.54) is 5.56 Å². The third-order valence-electron chi connectivity index (χ3n) is 3.34. The van der Waals surface area contributed by atoms with Crippen molar-refractivity contribution in [3.8, 4) is 0 Å². The second kappa shape index (κ2) is 6.90. The Hall–Kier alpha value is -0.870. The molecule has 0 aromatic carbocycles. The van der Waals surface area contributed by atoms with Crippen molar-refractivity contribution < 1.29 is 0 Å². The van der Waals surface area contributed by atoms with Gasteiger partial charge < -0.3 is 5.73 Å². The fraction of sp³-hybridized carbons (Fsp3) is 0.786. The third-order valence-corrected chi connectivity index (χ3v) is 3.34. The van der Waals surface area contributed by atoms with Crippen LogP contribution in [0.2, 0.25) is 0 Å². The first kappa shape index (κ1) is 15.2. The summed E-state index contributed by atoms with van der Waals surface area (Å²) in [5, 5.41) is 4.28. The van der Waals surface area contributed by atoms with Gasteiger partial charge in [0.05, 0.1) is 12.2 Å². The Balaban J connectivity index is 2.96. The van der Waals surface area contributed by atoms with Crippen LogP contribution in [0.1, 0.15) is 45.7 Å². The molecule has 0 bridgehead atoms. The van der Waals surface area contributed by atoms with E-state index >= 15 is 0 Å². The molecule has 18 heavy (non-hydrogen) atoms. The summed E-state index contributed by atoms with van der Waals surface area (Å²) in [7, 11) is 1.96. The van der Waals surface area contributed by atoms with E-state index in [0.29, 0.717) is 5.92 Å². The lowest BCUT2D eigenvalue weighted by Crippen LogP contribution is -2.42. The van der Waals surface area contributed by atoms with Gasteiger partial charge in [0.1, 0.15) is 0 Å². The van der Waals surface area contributed by atoms with E-state index in [4.69, 9.17) is 5.73 Å². The lowest BCUT2D eigenvalue weighted by Gasteiger charge is -2.35. The highest BCUT2D eigenvalue weighted by atomic mass is 15.3. The average Bonchev–Trinajstić information content (AvgIpc) is 2.73. The maximum absolute atomic E-state index is 6.33. The fourth-order valence-electron chi connectivity index (χ4n) is 2.45. The number of hydrogen-bond acceptors (Lipinski definition) is 3. The van der Waals surface area contributed by atoms with Gasteiger partial charge in [-0.3, -0.25) is 9.58 Å². The molecule has 0 aliphatic rings. The Morgan fingerprint density at radius 1 is 1.39 bits per heavy atom. The van der Waals surface area contributed by atoms with Gasteiger partial charge in [0.25, 0.3) is 0 Å². The molecule has 4 nitrogen and oxygen atoms in total. The van der Waals surface area contributed by atoms with Crippen LogP contribution in [0.5, 0.6) is 0 Å². The quantitative estimate of drug-likeness (QED) is 0.809. The number of rotatable bonds is 7. The zero-order chi connectivity index (χ0) is 13.7. The minimum atomic E-state index is 0.160. The molecule has 1 aromatic rings. The van der Waals surface area contributed by atoms with Crippen molar-refractivity contribution >= 4 is 0 Å². The fourth-order valence-corrected chi connectivity index (χ4v) is 2.45. The zero-order valence-corrected chi connectivity index (χ0v) is 12.4. The number of likely N-dealkylation sites (N-methyl/N-ethyl adjacent to an activating group) is 1. The molecular formula is C14H28N4. The van der Waals surface area contributed by atoms with Crippen LogP contribution < -0.4 is 5.73 Å². The molecule has 0 aliphatic carbocycles. The standard InChI is InChI=1S/C14H28N4/c1-6-13(15)14(12-8-16-17(5)10-12)18(7-2)9-11(3)4/h8,10-11,13-14H,6-7,9,15H2,1-5H3. The summed E-state index contributed by atoms with van der Waals surface area (Å²) in [6, 6.07) is 0.434. The summed E-state index contributed by atoms with van der Waals surface area (Å²) >= 11 is 0. The predicted octanol–water partition coefficient (Wildman–Crippen LogP) is 2.18.